The second-order valence-corrected chi connectivity index (χ2v) is 8.30. The maximum Gasteiger partial charge on any atom is 0.269 e. The van der Waals surface area contributed by atoms with E-state index in [0.717, 1.165) is 12.8 Å². The molecule has 1 rings (SSSR count). The molecule has 0 heterocycles. The summed E-state index contributed by atoms with van der Waals surface area (Å²) in [6.45, 7) is 6.33. The molecule has 0 saturated heterocycles. The molecule has 0 amide bonds. The molecular weight excluding hydrogens is 330 g/mol. The molecule has 0 spiro atoms. The van der Waals surface area contributed by atoms with Gasteiger partial charge in [-0.2, -0.15) is 9.57 Å². The van der Waals surface area contributed by atoms with E-state index < -0.39 is 14.9 Å². The van der Waals surface area contributed by atoms with Gasteiger partial charge in [0.15, 0.2) is 0 Å². The van der Waals surface area contributed by atoms with Crippen LogP contribution < -0.4 is 0 Å². The first-order valence-corrected chi connectivity index (χ1v) is 9.19. The number of nitriles is 1. The van der Waals surface area contributed by atoms with Crippen molar-refractivity contribution in [3.8, 4) is 6.07 Å². The van der Waals surface area contributed by atoms with E-state index in [1.807, 2.05) is 13.8 Å². The Balaban J connectivity index is 2.96. The van der Waals surface area contributed by atoms with Crippen molar-refractivity contribution in [2.45, 2.75) is 44.9 Å². The van der Waals surface area contributed by atoms with E-state index >= 15 is 0 Å². The van der Waals surface area contributed by atoms with Crippen LogP contribution in [0.15, 0.2) is 29.2 Å². The number of hydrogen-bond acceptors (Lipinski definition) is 5. The van der Waals surface area contributed by atoms with Crippen LogP contribution in [0.3, 0.4) is 0 Å². The number of nitrogens with zero attached hydrogens (tertiary/aromatic N) is 3. The molecule has 0 fully saturated rings. The molecule has 24 heavy (non-hydrogen) atoms. The van der Waals surface area contributed by atoms with Gasteiger partial charge in [0.2, 0.25) is 10.0 Å². The Bertz CT molecular complexity index is 706. The number of nitro benzene ring substituents is 1. The van der Waals surface area contributed by atoms with Crippen molar-refractivity contribution in [3.63, 3.8) is 0 Å². The average molecular weight is 353 g/mol. The van der Waals surface area contributed by atoms with E-state index in [1.54, 1.807) is 6.92 Å². The third-order valence-electron chi connectivity index (χ3n) is 3.78. The van der Waals surface area contributed by atoms with Crippen molar-refractivity contribution in [3.05, 3.63) is 34.4 Å². The molecule has 0 aliphatic carbocycles. The van der Waals surface area contributed by atoms with Crippen molar-refractivity contribution < 1.29 is 13.3 Å². The lowest BCUT2D eigenvalue weighted by Crippen LogP contribution is -2.38. The first kappa shape index (κ1) is 20.1. The SMILES string of the molecule is CCN(CC(C)(C)CCCC#N)S(=O)(=O)c1ccc([N+](=O)[O-])cc1. The Labute approximate surface area is 143 Å². The molecule has 132 valence electrons. The first-order chi connectivity index (χ1) is 11.1. The lowest BCUT2D eigenvalue weighted by Gasteiger charge is -2.31. The fourth-order valence-corrected chi connectivity index (χ4v) is 4.10. The molecule has 0 aliphatic heterocycles. The molecule has 8 heteroatoms. The van der Waals surface area contributed by atoms with Crippen LogP contribution in [-0.4, -0.2) is 30.7 Å². The van der Waals surface area contributed by atoms with Gasteiger partial charge >= 0.3 is 0 Å². The number of nitro groups is 1. The van der Waals surface area contributed by atoms with Crippen LogP contribution in [0.4, 0.5) is 5.69 Å². The zero-order valence-corrected chi connectivity index (χ0v) is 15.0. The van der Waals surface area contributed by atoms with E-state index in [-0.39, 0.29) is 16.0 Å². The van der Waals surface area contributed by atoms with E-state index in [1.165, 1.54) is 28.6 Å². The molecule has 1 aromatic carbocycles. The van der Waals surface area contributed by atoms with Gasteiger partial charge in [-0.25, -0.2) is 8.42 Å². The van der Waals surface area contributed by atoms with Crippen molar-refractivity contribution >= 4 is 15.7 Å². The molecule has 0 bridgehead atoms. The Morgan fingerprint density at radius 3 is 2.33 bits per heavy atom. The monoisotopic (exact) mass is 353 g/mol. The molecule has 0 saturated carbocycles. The molecule has 1 aromatic rings. The molecular formula is C16H23N3O4S. The van der Waals surface area contributed by atoms with Gasteiger partial charge in [0.1, 0.15) is 0 Å². The smallest absolute Gasteiger partial charge is 0.258 e. The van der Waals surface area contributed by atoms with E-state index in [9.17, 15) is 18.5 Å². The van der Waals surface area contributed by atoms with Crippen molar-refractivity contribution in [2.75, 3.05) is 13.1 Å². The van der Waals surface area contributed by atoms with Gasteiger partial charge in [-0.05, 0) is 30.4 Å². The fourth-order valence-electron chi connectivity index (χ4n) is 2.46. The van der Waals surface area contributed by atoms with Crippen molar-refractivity contribution in [1.29, 1.82) is 5.26 Å². The summed E-state index contributed by atoms with van der Waals surface area (Å²) in [5, 5.41) is 19.3. The van der Waals surface area contributed by atoms with Gasteiger partial charge in [-0.3, -0.25) is 10.1 Å². The Kier molecular flexibility index (Phi) is 6.87. The van der Waals surface area contributed by atoms with Crippen LogP contribution in [0.5, 0.6) is 0 Å². The van der Waals surface area contributed by atoms with Gasteiger partial charge in [-0.15, -0.1) is 0 Å². The normalized spacial score (nSPS) is 12.1. The largest absolute Gasteiger partial charge is 0.269 e. The highest BCUT2D eigenvalue weighted by Crippen LogP contribution is 2.28. The summed E-state index contributed by atoms with van der Waals surface area (Å²) in [5.74, 6) is 0. The molecule has 0 aliphatic rings. The van der Waals surface area contributed by atoms with E-state index in [2.05, 4.69) is 6.07 Å². The Hall–Kier alpha value is -1.98. The predicted octanol–water partition coefficient (Wildman–Crippen LogP) is 3.33. The van der Waals surface area contributed by atoms with Crippen molar-refractivity contribution in [2.24, 2.45) is 5.41 Å². The summed E-state index contributed by atoms with van der Waals surface area (Å²) in [7, 11) is -3.71. The summed E-state index contributed by atoms with van der Waals surface area (Å²) >= 11 is 0. The van der Waals surface area contributed by atoms with Crippen LogP contribution in [0.2, 0.25) is 0 Å². The minimum absolute atomic E-state index is 0.0442. The standard InChI is InChI=1S/C16H23N3O4S/c1-4-18(13-16(2,3)11-5-6-12-17)24(22,23)15-9-7-14(8-10-15)19(20)21/h7-10H,4-6,11,13H2,1-3H3. The highest BCUT2D eigenvalue weighted by atomic mass is 32.2. The van der Waals surface area contributed by atoms with E-state index in [0.29, 0.717) is 19.5 Å². The van der Waals surface area contributed by atoms with Gasteiger partial charge in [-0.1, -0.05) is 20.8 Å². The molecule has 7 nitrogen and oxygen atoms in total. The Morgan fingerprint density at radius 2 is 1.88 bits per heavy atom. The van der Waals surface area contributed by atoms with Crippen LogP contribution in [-0.2, 0) is 10.0 Å². The van der Waals surface area contributed by atoms with Gasteiger partial charge in [0, 0.05) is 31.6 Å². The molecule has 0 unspecified atom stereocenters. The summed E-state index contributed by atoms with van der Waals surface area (Å²) < 4.78 is 26.9. The lowest BCUT2D eigenvalue weighted by atomic mass is 9.87. The highest BCUT2D eigenvalue weighted by Gasteiger charge is 2.29. The van der Waals surface area contributed by atoms with E-state index in [4.69, 9.17) is 5.26 Å². The van der Waals surface area contributed by atoms with Gasteiger partial charge in [0.05, 0.1) is 15.9 Å². The number of benzene rings is 1. The fraction of sp³-hybridized carbons (Fsp3) is 0.562. The molecule has 0 aromatic heterocycles. The number of rotatable bonds is 9. The zero-order chi connectivity index (χ0) is 18.4. The van der Waals surface area contributed by atoms with Crippen LogP contribution in [0.1, 0.15) is 40.0 Å². The predicted molar refractivity (Wildman–Crippen MR) is 90.8 cm³/mol. The number of hydrogen-bond donors (Lipinski definition) is 0. The summed E-state index contributed by atoms with van der Waals surface area (Å²) in [6, 6.07) is 7.00. The second kappa shape index (κ2) is 8.22. The number of sulfonamides is 1. The molecule has 0 atom stereocenters. The first-order valence-electron chi connectivity index (χ1n) is 7.75. The number of unbranched alkanes of at least 4 members (excludes halogenated alkanes) is 1. The summed E-state index contributed by atoms with van der Waals surface area (Å²) in [5.41, 5.74) is -0.408. The maximum atomic E-state index is 12.8. The zero-order valence-electron chi connectivity index (χ0n) is 14.2. The van der Waals surface area contributed by atoms with Crippen LogP contribution >= 0.6 is 0 Å². The second-order valence-electron chi connectivity index (χ2n) is 6.36. The van der Waals surface area contributed by atoms with Gasteiger partial charge in [0.25, 0.3) is 5.69 Å². The minimum Gasteiger partial charge on any atom is -0.258 e. The van der Waals surface area contributed by atoms with Crippen LogP contribution in [0.25, 0.3) is 0 Å². The number of non-ortho nitro benzene ring substituents is 1. The minimum atomic E-state index is -3.71. The highest BCUT2D eigenvalue weighted by molar-refractivity contribution is 7.89. The average Bonchev–Trinajstić information content (AvgIpc) is 2.52. The summed E-state index contributed by atoms with van der Waals surface area (Å²) in [6.07, 6.45) is 1.91. The molecule has 0 radical (unpaired) electrons. The lowest BCUT2D eigenvalue weighted by molar-refractivity contribution is -0.384. The topological polar surface area (TPSA) is 104 Å². The van der Waals surface area contributed by atoms with Gasteiger partial charge < -0.3 is 0 Å². The Morgan fingerprint density at radius 1 is 1.29 bits per heavy atom. The third kappa shape index (κ3) is 5.28. The van der Waals surface area contributed by atoms with Crippen molar-refractivity contribution in [1.82, 2.24) is 4.31 Å². The molecule has 0 N–H and O–H groups in total. The third-order valence-corrected chi connectivity index (χ3v) is 5.72. The quantitative estimate of drug-likeness (QED) is 0.385. The van der Waals surface area contributed by atoms with Crippen LogP contribution in [0, 0.1) is 26.9 Å². The summed E-state index contributed by atoms with van der Waals surface area (Å²) in [4.78, 5) is 10.2. The maximum absolute atomic E-state index is 12.8.